The van der Waals surface area contributed by atoms with E-state index in [-0.39, 0.29) is 5.76 Å². The van der Waals surface area contributed by atoms with Crippen molar-refractivity contribution < 1.29 is 19.7 Å². The molecule has 2 aromatic rings. The minimum atomic E-state index is -0.839. The van der Waals surface area contributed by atoms with Crippen LogP contribution in [0.25, 0.3) is 16.5 Å². The van der Waals surface area contributed by atoms with E-state index in [1.807, 2.05) is 6.92 Å². The van der Waals surface area contributed by atoms with Crippen LogP contribution in [0, 0.1) is 12.3 Å². The second kappa shape index (κ2) is 7.79. The van der Waals surface area contributed by atoms with Gasteiger partial charge in [0, 0.05) is 17.2 Å². The highest BCUT2D eigenvalue weighted by atomic mass is 16.5. The van der Waals surface area contributed by atoms with Gasteiger partial charge in [-0.25, -0.2) is 0 Å². The lowest BCUT2D eigenvalue weighted by Crippen LogP contribution is -2.01. The van der Waals surface area contributed by atoms with Gasteiger partial charge in [-0.1, -0.05) is 29.8 Å². The van der Waals surface area contributed by atoms with E-state index in [0.29, 0.717) is 16.9 Å². The highest BCUT2D eigenvalue weighted by Crippen LogP contribution is 2.21. The van der Waals surface area contributed by atoms with Gasteiger partial charge in [-0.2, -0.15) is 0 Å². The van der Waals surface area contributed by atoms with Crippen molar-refractivity contribution in [3.8, 4) is 5.75 Å². The fraction of sp³-hybridized carbons (Fsp3) is 0.105. The maximum atomic E-state index is 12.2. The lowest BCUT2D eigenvalue weighted by molar-refractivity contribution is -0.111. The van der Waals surface area contributed by atoms with Gasteiger partial charge in [0.1, 0.15) is 11.5 Å². The zero-order chi connectivity index (χ0) is 18.4. The van der Waals surface area contributed by atoms with Crippen molar-refractivity contribution in [3.63, 3.8) is 0 Å². The number of nitrogens with zero attached hydrogens (tertiary/aromatic N) is 2. The number of ketones is 1. The van der Waals surface area contributed by atoms with E-state index in [1.165, 1.54) is 7.11 Å². The maximum Gasteiger partial charge on any atom is 0.473 e. The molecule has 0 radical (unpaired) electrons. The summed E-state index contributed by atoms with van der Waals surface area (Å²) in [5.41, 5.74) is 1.11. The third-order valence-corrected chi connectivity index (χ3v) is 3.54. The highest BCUT2D eigenvalue weighted by Gasteiger charge is 2.28. The van der Waals surface area contributed by atoms with Crippen LogP contribution in [0.4, 0.5) is 0 Å². The van der Waals surface area contributed by atoms with Gasteiger partial charge in [-0.15, -0.1) is 0 Å². The molecule has 0 amide bonds. The molecule has 2 N–H and O–H groups in total. The summed E-state index contributed by atoms with van der Waals surface area (Å²) in [6.45, 7) is 1.88. The Balaban J connectivity index is 2.33. The van der Waals surface area contributed by atoms with Crippen LogP contribution in [-0.4, -0.2) is 23.1 Å². The summed E-state index contributed by atoms with van der Waals surface area (Å²) in [5, 5.41) is 29.3. The van der Waals surface area contributed by atoms with Gasteiger partial charge in [0.05, 0.1) is 7.11 Å². The first-order valence-corrected chi connectivity index (χ1v) is 7.41. The molecule has 0 aromatic heterocycles. The van der Waals surface area contributed by atoms with Gasteiger partial charge in [0.2, 0.25) is 11.2 Å². The number of rotatable bonds is 5. The van der Waals surface area contributed by atoms with Gasteiger partial charge in [-0.05, 0) is 31.2 Å². The van der Waals surface area contributed by atoms with Gasteiger partial charge >= 0.3 is 5.70 Å². The minimum absolute atomic E-state index is 0.323. The number of hydrogen-bond donors (Lipinski definition) is 2. The summed E-state index contributed by atoms with van der Waals surface area (Å²) in [6.07, 6.45) is 0.876. The minimum Gasteiger partial charge on any atom is -0.507 e. The first kappa shape index (κ1) is 17.8. The summed E-state index contributed by atoms with van der Waals surface area (Å²) in [5.74, 6) is -1.04. The molecule has 0 atom stereocenters. The van der Waals surface area contributed by atoms with Gasteiger partial charge < -0.3 is 14.9 Å². The Kier molecular flexibility index (Phi) is 5.54. The van der Waals surface area contributed by atoms with E-state index in [1.54, 1.807) is 48.5 Å². The number of aryl methyl sites for hydroxylation is 1. The molecule has 2 rings (SSSR count). The normalized spacial score (nSPS) is 12.1. The number of carbonyl (C=O) groups excluding carboxylic acids is 1. The van der Waals surface area contributed by atoms with E-state index in [9.17, 15) is 15.0 Å². The molecule has 0 saturated carbocycles. The predicted octanol–water partition coefficient (Wildman–Crippen LogP) is 4.25. The van der Waals surface area contributed by atoms with Crippen molar-refractivity contribution >= 4 is 17.3 Å². The molecule has 0 spiro atoms. The highest BCUT2D eigenvalue weighted by molar-refractivity contribution is 6.12. The lowest BCUT2D eigenvalue weighted by Gasteiger charge is -2.02. The number of aliphatic hydroxyl groups excluding tert-OH is 2. The second-order valence-electron chi connectivity index (χ2n) is 5.29. The molecule has 0 bridgehead atoms. The van der Waals surface area contributed by atoms with E-state index >= 15 is 0 Å². The Bertz CT molecular complexity index is 873. The van der Waals surface area contributed by atoms with Crippen molar-refractivity contribution in [2.24, 2.45) is 0 Å². The van der Waals surface area contributed by atoms with Crippen LogP contribution in [0.2, 0.25) is 0 Å². The third kappa shape index (κ3) is 4.24. The molecule has 0 aliphatic rings. The van der Waals surface area contributed by atoms with Crippen molar-refractivity contribution in [3.05, 3.63) is 82.0 Å². The number of aliphatic hydroxyl groups is 2. The van der Waals surface area contributed by atoms with Crippen LogP contribution in [0.1, 0.15) is 16.7 Å². The van der Waals surface area contributed by atoms with Crippen LogP contribution in [0.3, 0.4) is 0 Å². The van der Waals surface area contributed by atoms with Gasteiger partial charge in [0.15, 0.2) is 4.98 Å². The van der Waals surface area contributed by atoms with Gasteiger partial charge in [-0.3, -0.25) is 4.79 Å². The van der Waals surface area contributed by atoms with Crippen LogP contribution in [0.15, 0.2) is 60.3 Å². The molecule has 2 aromatic carbocycles. The molecule has 6 nitrogen and oxygen atoms in total. The summed E-state index contributed by atoms with van der Waals surface area (Å²) in [4.78, 5) is 15.1. The van der Waals surface area contributed by atoms with Crippen molar-refractivity contribution in [1.29, 1.82) is 5.39 Å². The first-order valence-electron chi connectivity index (χ1n) is 7.41. The molecule has 0 aliphatic heterocycles. The van der Waals surface area contributed by atoms with E-state index in [0.717, 1.165) is 11.6 Å². The summed E-state index contributed by atoms with van der Waals surface area (Å²) < 4.78 is 5.02. The quantitative estimate of drug-likeness (QED) is 0.483. The Morgan fingerprint density at radius 1 is 1.04 bits per heavy atom. The number of hydrogen-bond acceptors (Lipinski definition) is 5. The largest absolute Gasteiger partial charge is 0.507 e. The van der Waals surface area contributed by atoms with Crippen molar-refractivity contribution in [2.75, 3.05) is 7.11 Å². The molecule has 0 fully saturated rings. The molecule has 0 heterocycles. The van der Waals surface area contributed by atoms with Crippen molar-refractivity contribution in [2.45, 2.75) is 6.92 Å². The fourth-order valence-electron chi connectivity index (χ4n) is 2.10. The lowest BCUT2D eigenvalue weighted by atomic mass is 10.1. The Hall–Kier alpha value is -3.59. The standard InChI is InChI=1S/C19H16N2O4/c1-12-3-5-14(6-4-12)19(24)18(21-20)17(23)11-16(22)13-7-9-15(25-2)10-8-13/h3-11H,1-2H3,(H-,22,23,24)/p+1. The smallest absolute Gasteiger partial charge is 0.473 e. The average molecular weight is 337 g/mol. The topological polar surface area (TPSA) is 94.9 Å². The number of allylic oxidation sites excluding steroid dienone is 1. The van der Waals surface area contributed by atoms with E-state index in [2.05, 4.69) is 4.98 Å². The Labute approximate surface area is 144 Å². The SMILES string of the molecule is COc1ccc(C(O)=CC(=O)C([N+]#N)=C(O)c2ccc(C)cc2)cc1. The Morgan fingerprint density at radius 3 is 2.12 bits per heavy atom. The summed E-state index contributed by atoms with van der Waals surface area (Å²) in [7, 11) is 1.52. The van der Waals surface area contributed by atoms with Gasteiger partial charge in [0.25, 0.3) is 5.78 Å². The molecule has 126 valence electrons. The number of carbonyl (C=O) groups is 1. The monoisotopic (exact) mass is 337 g/mol. The fourth-order valence-corrected chi connectivity index (χ4v) is 2.10. The molecule has 0 aliphatic carbocycles. The van der Waals surface area contributed by atoms with E-state index in [4.69, 9.17) is 10.1 Å². The van der Waals surface area contributed by atoms with E-state index < -0.39 is 17.2 Å². The summed E-state index contributed by atoms with van der Waals surface area (Å²) >= 11 is 0. The molecular formula is C19H17N2O4+. The number of benzene rings is 2. The van der Waals surface area contributed by atoms with Crippen LogP contribution >= 0.6 is 0 Å². The first-order chi connectivity index (χ1) is 12.0. The zero-order valence-corrected chi connectivity index (χ0v) is 13.8. The van der Waals surface area contributed by atoms with Crippen molar-refractivity contribution in [1.82, 2.24) is 0 Å². The number of diazo groups is 1. The molecule has 6 heteroatoms. The maximum absolute atomic E-state index is 12.2. The number of ether oxygens (including phenoxy) is 1. The molecular weight excluding hydrogens is 320 g/mol. The Morgan fingerprint density at radius 2 is 1.60 bits per heavy atom. The second-order valence-corrected chi connectivity index (χ2v) is 5.29. The average Bonchev–Trinajstić information content (AvgIpc) is 2.62. The predicted molar refractivity (Wildman–Crippen MR) is 94.4 cm³/mol. The molecule has 0 unspecified atom stereocenters. The summed E-state index contributed by atoms with van der Waals surface area (Å²) in [6, 6.07) is 13.1. The van der Waals surface area contributed by atoms with Crippen LogP contribution in [0.5, 0.6) is 5.75 Å². The molecule has 25 heavy (non-hydrogen) atoms. The number of methoxy groups -OCH3 is 1. The third-order valence-electron chi connectivity index (χ3n) is 3.54. The van der Waals surface area contributed by atoms with Crippen LogP contribution < -0.4 is 4.74 Å². The zero-order valence-electron chi connectivity index (χ0n) is 13.8. The van der Waals surface area contributed by atoms with Crippen LogP contribution in [-0.2, 0) is 4.79 Å². The molecule has 0 saturated heterocycles.